The SMILES string of the molecule is CCCn1c(CC(N)CSC)nc2ccccc21. The average Bonchev–Trinajstić information content (AvgIpc) is 2.68. The lowest BCUT2D eigenvalue weighted by Gasteiger charge is -2.12. The number of aromatic nitrogens is 2. The van der Waals surface area contributed by atoms with E-state index in [0.717, 1.165) is 36.5 Å². The standard InChI is InChI=1S/C14H21N3S/c1-3-8-17-13-7-5-4-6-12(13)16-14(17)9-11(15)10-18-2/h4-7,11H,3,8-10,15H2,1-2H3. The minimum atomic E-state index is 0.187. The Hall–Kier alpha value is -1.00. The third-order valence-corrected chi connectivity index (χ3v) is 3.77. The zero-order chi connectivity index (χ0) is 13.0. The van der Waals surface area contributed by atoms with E-state index in [0.29, 0.717) is 0 Å². The van der Waals surface area contributed by atoms with E-state index in [4.69, 9.17) is 10.7 Å². The Kier molecular flexibility index (Phi) is 4.66. The van der Waals surface area contributed by atoms with Gasteiger partial charge < -0.3 is 10.3 Å². The Labute approximate surface area is 113 Å². The highest BCUT2D eigenvalue weighted by Crippen LogP contribution is 2.17. The number of para-hydroxylation sites is 2. The van der Waals surface area contributed by atoms with Crippen molar-refractivity contribution in [3.05, 3.63) is 30.1 Å². The van der Waals surface area contributed by atoms with Crippen molar-refractivity contribution < 1.29 is 0 Å². The molecule has 2 aromatic rings. The van der Waals surface area contributed by atoms with Gasteiger partial charge in [-0.2, -0.15) is 11.8 Å². The number of benzene rings is 1. The van der Waals surface area contributed by atoms with E-state index in [9.17, 15) is 0 Å². The van der Waals surface area contributed by atoms with Crippen LogP contribution in [0, 0.1) is 0 Å². The summed E-state index contributed by atoms with van der Waals surface area (Å²) in [6.45, 7) is 3.21. The van der Waals surface area contributed by atoms with Crippen LogP contribution in [-0.4, -0.2) is 27.6 Å². The number of nitrogens with two attached hydrogens (primary N) is 1. The number of fused-ring (bicyclic) bond motifs is 1. The Balaban J connectivity index is 2.33. The summed E-state index contributed by atoms with van der Waals surface area (Å²) >= 11 is 1.79. The first-order valence-corrected chi connectivity index (χ1v) is 7.84. The van der Waals surface area contributed by atoms with Crippen LogP contribution in [0.15, 0.2) is 24.3 Å². The van der Waals surface area contributed by atoms with Crippen LogP contribution in [0.2, 0.25) is 0 Å². The number of nitrogens with zero attached hydrogens (tertiary/aromatic N) is 2. The first-order chi connectivity index (χ1) is 8.76. The second kappa shape index (κ2) is 6.25. The lowest BCUT2D eigenvalue weighted by molar-refractivity contribution is 0.619. The quantitative estimate of drug-likeness (QED) is 0.871. The highest BCUT2D eigenvalue weighted by atomic mass is 32.2. The molecule has 98 valence electrons. The second-order valence-electron chi connectivity index (χ2n) is 4.59. The Morgan fingerprint density at radius 1 is 1.39 bits per heavy atom. The number of aryl methyl sites for hydroxylation is 1. The van der Waals surface area contributed by atoms with Crippen molar-refractivity contribution >= 4 is 22.8 Å². The number of thioether (sulfide) groups is 1. The van der Waals surface area contributed by atoms with Crippen molar-refractivity contribution in [2.75, 3.05) is 12.0 Å². The molecule has 1 aromatic heterocycles. The van der Waals surface area contributed by atoms with E-state index < -0.39 is 0 Å². The van der Waals surface area contributed by atoms with Gasteiger partial charge in [0.2, 0.25) is 0 Å². The molecule has 3 nitrogen and oxygen atoms in total. The van der Waals surface area contributed by atoms with Crippen molar-refractivity contribution in [2.45, 2.75) is 32.4 Å². The summed E-state index contributed by atoms with van der Waals surface area (Å²) in [6.07, 6.45) is 4.06. The molecule has 0 amide bonds. The van der Waals surface area contributed by atoms with Crippen molar-refractivity contribution in [3.63, 3.8) is 0 Å². The van der Waals surface area contributed by atoms with Crippen molar-refractivity contribution in [2.24, 2.45) is 5.73 Å². The van der Waals surface area contributed by atoms with Crippen molar-refractivity contribution in [3.8, 4) is 0 Å². The summed E-state index contributed by atoms with van der Waals surface area (Å²) in [6, 6.07) is 8.51. The largest absolute Gasteiger partial charge is 0.328 e. The van der Waals surface area contributed by atoms with E-state index in [1.807, 2.05) is 6.07 Å². The number of hydrogen-bond donors (Lipinski definition) is 1. The molecule has 0 radical (unpaired) electrons. The highest BCUT2D eigenvalue weighted by molar-refractivity contribution is 7.98. The zero-order valence-corrected chi connectivity index (χ0v) is 11.9. The second-order valence-corrected chi connectivity index (χ2v) is 5.50. The van der Waals surface area contributed by atoms with Gasteiger partial charge in [-0.3, -0.25) is 0 Å². The van der Waals surface area contributed by atoms with Gasteiger partial charge in [0.05, 0.1) is 11.0 Å². The normalized spacial score (nSPS) is 13.1. The fourth-order valence-electron chi connectivity index (χ4n) is 2.26. The molecule has 0 aliphatic rings. The molecule has 0 saturated carbocycles. The van der Waals surface area contributed by atoms with Crippen LogP contribution in [0.25, 0.3) is 11.0 Å². The third-order valence-electron chi connectivity index (χ3n) is 3.01. The minimum absolute atomic E-state index is 0.187. The Bertz CT molecular complexity index is 507. The van der Waals surface area contributed by atoms with Crippen LogP contribution in [-0.2, 0) is 13.0 Å². The maximum Gasteiger partial charge on any atom is 0.111 e. The van der Waals surface area contributed by atoms with Crippen LogP contribution in [0.3, 0.4) is 0 Å². The van der Waals surface area contributed by atoms with E-state index in [1.165, 1.54) is 5.52 Å². The number of imidazole rings is 1. The molecule has 1 unspecified atom stereocenters. The van der Waals surface area contributed by atoms with Crippen molar-refractivity contribution in [1.82, 2.24) is 9.55 Å². The Morgan fingerprint density at radius 2 is 2.17 bits per heavy atom. The van der Waals surface area contributed by atoms with E-state index in [-0.39, 0.29) is 6.04 Å². The minimum Gasteiger partial charge on any atom is -0.328 e. The molecule has 4 heteroatoms. The molecule has 0 spiro atoms. The maximum absolute atomic E-state index is 6.13. The van der Waals surface area contributed by atoms with Gasteiger partial charge in [0.1, 0.15) is 5.82 Å². The number of hydrogen-bond acceptors (Lipinski definition) is 3. The van der Waals surface area contributed by atoms with Gasteiger partial charge in [-0.25, -0.2) is 4.98 Å². The summed E-state index contributed by atoms with van der Waals surface area (Å²) in [5.74, 6) is 2.11. The zero-order valence-electron chi connectivity index (χ0n) is 11.1. The molecule has 0 aliphatic heterocycles. The highest BCUT2D eigenvalue weighted by Gasteiger charge is 2.12. The molecule has 1 heterocycles. The molecule has 0 bridgehead atoms. The van der Waals surface area contributed by atoms with Gasteiger partial charge in [0.15, 0.2) is 0 Å². The monoisotopic (exact) mass is 263 g/mol. The summed E-state index contributed by atoms with van der Waals surface area (Å²) in [5.41, 5.74) is 8.44. The number of rotatable bonds is 6. The fraction of sp³-hybridized carbons (Fsp3) is 0.500. The molecule has 0 aliphatic carbocycles. The van der Waals surface area contributed by atoms with E-state index >= 15 is 0 Å². The molecular weight excluding hydrogens is 242 g/mol. The van der Waals surface area contributed by atoms with Gasteiger partial charge >= 0.3 is 0 Å². The van der Waals surface area contributed by atoms with Gasteiger partial charge in [-0.15, -0.1) is 0 Å². The molecule has 2 rings (SSSR count). The predicted octanol–water partition coefficient (Wildman–Crippen LogP) is 2.68. The molecule has 1 atom stereocenters. The summed E-state index contributed by atoms with van der Waals surface area (Å²) in [7, 11) is 0. The van der Waals surface area contributed by atoms with Gasteiger partial charge in [0.25, 0.3) is 0 Å². The topological polar surface area (TPSA) is 43.8 Å². The van der Waals surface area contributed by atoms with Gasteiger partial charge in [0, 0.05) is 24.8 Å². The molecule has 0 fully saturated rings. The van der Waals surface area contributed by atoms with E-state index in [1.54, 1.807) is 11.8 Å². The first-order valence-electron chi connectivity index (χ1n) is 6.45. The van der Waals surface area contributed by atoms with Crippen LogP contribution in [0.1, 0.15) is 19.2 Å². The van der Waals surface area contributed by atoms with Crippen molar-refractivity contribution in [1.29, 1.82) is 0 Å². The average molecular weight is 263 g/mol. The molecule has 1 aromatic carbocycles. The van der Waals surface area contributed by atoms with Gasteiger partial charge in [-0.1, -0.05) is 19.1 Å². The Morgan fingerprint density at radius 3 is 2.89 bits per heavy atom. The fourth-order valence-corrected chi connectivity index (χ4v) is 2.81. The molecule has 0 saturated heterocycles. The van der Waals surface area contributed by atoms with Crippen LogP contribution >= 0.6 is 11.8 Å². The first kappa shape index (κ1) is 13.4. The van der Waals surface area contributed by atoms with Gasteiger partial charge in [-0.05, 0) is 24.8 Å². The maximum atomic E-state index is 6.13. The summed E-state index contributed by atoms with van der Waals surface area (Å²) < 4.78 is 2.32. The van der Waals surface area contributed by atoms with Crippen LogP contribution in [0.4, 0.5) is 0 Å². The van der Waals surface area contributed by atoms with Crippen LogP contribution in [0.5, 0.6) is 0 Å². The molecule has 2 N–H and O–H groups in total. The smallest absolute Gasteiger partial charge is 0.111 e. The third kappa shape index (κ3) is 2.87. The summed E-state index contributed by atoms with van der Waals surface area (Å²) in [5, 5.41) is 0. The lowest BCUT2D eigenvalue weighted by atomic mass is 10.2. The molecule has 18 heavy (non-hydrogen) atoms. The van der Waals surface area contributed by atoms with Crippen LogP contribution < -0.4 is 5.73 Å². The molecular formula is C14H21N3S. The summed E-state index contributed by atoms with van der Waals surface area (Å²) in [4.78, 5) is 4.73. The van der Waals surface area contributed by atoms with E-state index in [2.05, 4.69) is 35.9 Å². The lowest BCUT2D eigenvalue weighted by Crippen LogP contribution is -2.27. The predicted molar refractivity (Wildman–Crippen MR) is 80.1 cm³/mol.